The summed E-state index contributed by atoms with van der Waals surface area (Å²) < 4.78 is 4.93. The largest absolute Gasteiger partial charge is 0.309 e. The van der Waals surface area contributed by atoms with E-state index < -0.39 is 0 Å². The van der Waals surface area contributed by atoms with Crippen LogP contribution in [-0.4, -0.2) is 9.13 Å². The van der Waals surface area contributed by atoms with Crippen LogP contribution in [0.25, 0.3) is 109 Å². The number of para-hydroxylation sites is 1. The van der Waals surface area contributed by atoms with Crippen molar-refractivity contribution in [2.45, 2.75) is 0 Å². The first-order valence-corrected chi connectivity index (χ1v) is 18.7. The average molecular weight is 685 g/mol. The molecule has 0 saturated carbocycles. The molecule has 0 atom stereocenters. The van der Waals surface area contributed by atoms with E-state index in [9.17, 15) is 0 Å². The lowest BCUT2D eigenvalue weighted by Crippen LogP contribution is -1.96. The molecule has 0 saturated heterocycles. The molecule has 0 unspecified atom stereocenters. The monoisotopic (exact) mass is 684 g/mol. The molecule has 0 N–H and O–H groups in total. The number of hydrogen-bond acceptors (Lipinski definition) is 0. The first-order chi connectivity index (χ1) is 26.8. The second-order valence-electron chi connectivity index (χ2n) is 14.5. The van der Waals surface area contributed by atoms with Gasteiger partial charge in [-0.05, 0) is 85.9 Å². The quantitative estimate of drug-likeness (QED) is 0.164. The van der Waals surface area contributed by atoms with Gasteiger partial charge < -0.3 is 9.13 Å². The molecular formula is C52H32N2. The van der Waals surface area contributed by atoms with Gasteiger partial charge in [0.15, 0.2) is 0 Å². The average Bonchev–Trinajstić information content (AvgIpc) is 3.77. The summed E-state index contributed by atoms with van der Waals surface area (Å²) in [6.07, 6.45) is 0. The van der Waals surface area contributed by atoms with Crippen molar-refractivity contribution in [1.82, 2.24) is 9.13 Å². The summed E-state index contributed by atoms with van der Waals surface area (Å²) in [5, 5.41) is 15.2. The van der Waals surface area contributed by atoms with Crippen LogP contribution < -0.4 is 0 Å². The zero-order valence-corrected chi connectivity index (χ0v) is 29.4. The second kappa shape index (κ2) is 11.2. The van der Waals surface area contributed by atoms with Crippen molar-refractivity contribution in [3.8, 4) is 22.5 Å². The van der Waals surface area contributed by atoms with Crippen LogP contribution in [0.15, 0.2) is 194 Å². The van der Waals surface area contributed by atoms with Crippen molar-refractivity contribution >= 4 is 86.7 Å². The molecule has 2 aromatic heterocycles. The van der Waals surface area contributed by atoms with E-state index in [-0.39, 0.29) is 0 Å². The third-order valence-corrected chi connectivity index (χ3v) is 11.6. The van der Waals surface area contributed by atoms with Crippen LogP contribution in [0.1, 0.15) is 0 Å². The van der Waals surface area contributed by atoms with Gasteiger partial charge in [-0.15, -0.1) is 0 Å². The Bertz CT molecular complexity index is 3490. The smallest absolute Gasteiger partial charge is 0.0626 e. The molecular weight excluding hydrogens is 653 g/mol. The van der Waals surface area contributed by atoms with E-state index in [1.54, 1.807) is 0 Å². The topological polar surface area (TPSA) is 9.86 Å². The fraction of sp³-hybridized carbons (Fsp3) is 0. The van der Waals surface area contributed by atoms with Gasteiger partial charge in [-0.25, -0.2) is 0 Å². The minimum atomic E-state index is 1.16. The van der Waals surface area contributed by atoms with Crippen molar-refractivity contribution in [3.05, 3.63) is 194 Å². The molecule has 12 aromatic rings. The van der Waals surface area contributed by atoms with E-state index >= 15 is 0 Å². The Balaban J connectivity index is 1.07. The number of nitrogens with zero attached hydrogens (tertiary/aromatic N) is 2. The zero-order chi connectivity index (χ0) is 35.3. The zero-order valence-electron chi connectivity index (χ0n) is 29.4. The van der Waals surface area contributed by atoms with E-state index in [1.165, 1.54) is 104 Å². The van der Waals surface area contributed by atoms with Crippen LogP contribution in [0.4, 0.5) is 0 Å². The predicted molar refractivity (Wildman–Crippen MR) is 231 cm³/mol. The van der Waals surface area contributed by atoms with Crippen LogP contribution >= 0.6 is 0 Å². The third-order valence-electron chi connectivity index (χ3n) is 11.6. The van der Waals surface area contributed by atoms with Crippen LogP contribution in [0.3, 0.4) is 0 Å². The van der Waals surface area contributed by atoms with Crippen molar-refractivity contribution in [2.75, 3.05) is 0 Å². The lowest BCUT2D eigenvalue weighted by molar-refractivity contribution is 1.19. The lowest BCUT2D eigenvalue weighted by Gasteiger charge is -2.13. The Morgan fingerprint density at radius 1 is 0.259 bits per heavy atom. The summed E-state index contributed by atoms with van der Waals surface area (Å²) >= 11 is 0. The Hall–Kier alpha value is -7.16. The highest BCUT2D eigenvalue weighted by atomic mass is 15.0. The molecule has 0 amide bonds. The minimum Gasteiger partial charge on any atom is -0.309 e. The fourth-order valence-corrected chi connectivity index (χ4v) is 9.24. The second-order valence-corrected chi connectivity index (χ2v) is 14.5. The molecule has 2 heterocycles. The number of aromatic nitrogens is 2. The molecule has 0 radical (unpaired) electrons. The molecule has 2 nitrogen and oxygen atoms in total. The van der Waals surface area contributed by atoms with Gasteiger partial charge in [0.2, 0.25) is 0 Å². The summed E-state index contributed by atoms with van der Waals surface area (Å²) in [6, 6.07) is 71.5. The van der Waals surface area contributed by atoms with E-state index in [2.05, 4.69) is 203 Å². The van der Waals surface area contributed by atoms with Gasteiger partial charge in [0.1, 0.15) is 0 Å². The van der Waals surface area contributed by atoms with Crippen LogP contribution in [0.5, 0.6) is 0 Å². The van der Waals surface area contributed by atoms with Gasteiger partial charge in [0.25, 0.3) is 0 Å². The number of rotatable bonds is 3. The summed E-state index contributed by atoms with van der Waals surface area (Å²) in [6.45, 7) is 0. The maximum atomic E-state index is 2.52. The van der Waals surface area contributed by atoms with Crippen molar-refractivity contribution in [3.63, 3.8) is 0 Å². The maximum absolute atomic E-state index is 2.52. The van der Waals surface area contributed by atoms with E-state index in [4.69, 9.17) is 0 Å². The van der Waals surface area contributed by atoms with Gasteiger partial charge in [0.05, 0.1) is 22.1 Å². The molecule has 0 aliphatic rings. The Labute approximate surface area is 311 Å². The highest BCUT2D eigenvalue weighted by Gasteiger charge is 2.21. The maximum Gasteiger partial charge on any atom is 0.0626 e. The van der Waals surface area contributed by atoms with Gasteiger partial charge >= 0.3 is 0 Å². The van der Waals surface area contributed by atoms with Crippen LogP contribution in [0, 0.1) is 0 Å². The third kappa shape index (κ3) is 4.11. The highest BCUT2D eigenvalue weighted by molar-refractivity contribution is 6.34. The van der Waals surface area contributed by atoms with Crippen LogP contribution in [0.2, 0.25) is 0 Å². The van der Waals surface area contributed by atoms with Gasteiger partial charge in [-0.1, -0.05) is 152 Å². The Morgan fingerprint density at radius 2 is 0.833 bits per heavy atom. The number of fused-ring (bicyclic) bond motifs is 14. The Kier molecular flexibility index (Phi) is 6.09. The summed E-state index contributed by atoms with van der Waals surface area (Å²) in [4.78, 5) is 0. The number of benzene rings is 10. The normalized spacial score (nSPS) is 12.1. The first kappa shape index (κ1) is 29.4. The molecule has 0 bridgehead atoms. The molecule has 54 heavy (non-hydrogen) atoms. The molecule has 0 fully saturated rings. The molecule has 2 heteroatoms. The molecule has 0 spiro atoms. The molecule has 12 rings (SSSR count). The van der Waals surface area contributed by atoms with E-state index in [1.807, 2.05) is 0 Å². The standard InChI is InChI=1S/C52H32N2/c1-2-13-36-31-39(28-23-33(36)11-1)53-48-20-10-9-17-43(48)47-32-37(25-30-49(47)53)34-21-26-38(27-22-34)54-51-40-14-4-3-12-35(40)24-29-46(51)50-44-18-7-5-15-41(44)42-16-6-8-19-45(42)52(50)54/h1-32H. The molecule has 250 valence electrons. The van der Waals surface area contributed by atoms with E-state index in [0.29, 0.717) is 0 Å². The van der Waals surface area contributed by atoms with Crippen molar-refractivity contribution < 1.29 is 0 Å². The van der Waals surface area contributed by atoms with Gasteiger partial charge in [-0.3, -0.25) is 0 Å². The van der Waals surface area contributed by atoms with Crippen LogP contribution in [-0.2, 0) is 0 Å². The van der Waals surface area contributed by atoms with Gasteiger partial charge in [-0.2, -0.15) is 0 Å². The number of hydrogen-bond donors (Lipinski definition) is 0. The summed E-state index contributed by atoms with van der Waals surface area (Å²) in [7, 11) is 0. The fourth-order valence-electron chi connectivity index (χ4n) is 9.24. The minimum absolute atomic E-state index is 1.16. The Morgan fingerprint density at radius 3 is 1.65 bits per heavy atom. The van der Waals surface area contributed by atoms with Gasteiger partial charge in [0, 0.05) is 43.7 Å². The first-order valence-electron chi connectivity index (χ1n) is 18.7. The lowest BCUT2D eigenvalue weighted by atomic mass is 9.96. The predicted octanol–water partition coefficient (Wildman–Crippen LogP) is 14.2. The summed E-state index contributed by atoms with van der Waals surface area (Å²) in [5.41, 5.74) is 9.67. The van der Waals surface area contributed by atoms with Crippen molar-refractivity contribution in [2.24, 2.45) is 0 Å². The van der Waals surface area contributed by atoms with Crippen molar-refractivity contribution in [1.29, 1.82) is 0 Å². The molecule has 0 aliphatic carbocycles. The summed E-state index contributed by atoms with van der Waals surface area (Å²) in [5.74, 6) is 0. The molecule has 10 aromatic carbocycles. The van der Waals surface area contributed by atoms with E-state index in [0.717, 1.165) is 5.69 Å². The highest BCUT2D eigenvalue weighted by Crippen LogP contribution is 2.44. The molecule has 0 aliphatic heterocycles. The SMILES string of the molecule is c1ccc2cc(-n3c4ccccc4c4cc(-c5ccc(-n6c7c8ccccc8ccc7c7c8ccccc8c8ccccc8c76)cc5)ccc43)ccc2c1.